The number of carbonyl (C=O) groups excluding carboxylic acids is 1. The minimum absolute atomic E-state index is 0.307. The number of nitrogens with two attached hydrogens (primary N) is 2. The Morgan fingerprint density at radius 1 is 1.38 bits per heavy atom. The summed E-state index contributed by atoms with van der Waals surface area (Å²) in [7, 11) is 4.02. The summed E-state index contributed by atoms with van der Waals surface area (Å²) in [5.74, 6) is 1.61. The summed E-state index contributed by atoms with van der Waals surface area (Å²) in [5.41, 5.74) is 5.37. The molecule has 0 saturated carbocycles. The Morgan fingerprint density at radius 3 is 2.94 bits per heavy atom. The van der Waals surface area contributed by atoms with Crippen molar-refractivity contribution in [2.24, 2.45) is 5.73 Å². The van der Waals surface area contributed by atoms with Crippen molar-refractivity contribution in [1.29, 1.82) is 0 Å². The van der Waals surface area contributed by atoms with E-state index in [1.165, 1.54) is 25.0 Å². The van der Waals surface area contributed by atoms with Crippen LogP contribution in [-0.4, -0.2) is 30.0 Å². The molecule has 5 heteroatoms. The van der Waals surface area contributed by atoms with E-state index in [-0.39, 0.29) is 0 Å². The first-order valence-electron chi connectivity index (χ1n) is 6.17. The topological polar surface area (TPSA) is 59.7 Å². The molecule has 1 atom stereocenters. The summed E-state index contributed by atoms with van der Waals surface area (Å²) in [6, 6.07) is 0. The van der Waals surface area contributed by atoms with E-state index in [1.807, 2.05) is 26.9 Å². The maximum Gasteiger partial charge on any atom is 0.310 e. The highest BCUT2D eigenvalue weighted by molar-refractivity contribution is 8.77. The van der Waals surface area contributed by atoms with Crippen molar-refractivity contribution >= 4 is 27.5 Å². The Labute approximate surface area is 106 Å². The van der Waals surface area contributed by atoms with E-state index >= 15 is 0 Å². The van der Waals surface area contributed by atoms with Gasteiger partial charge in [0.25, 0.3) is 0 Å². The molecule has 1 amide bonds. The van der Waals surface area contributed by atoms with Gasteiger partial charge in [0.05, 0.1) is 13.0 Å². The van der Waals surface area contributed by atoms with E-state index in [2.05, 4.69) is 0 Å². The Hall–Kier alpha value is 0.290. The number of unbranched alkanes of at least 4 members (excludes halogenated alkanes) is 1. The average Bonchev–Trinajstić information content (AvgIpc) is 2.78. The molecular formula is C11H23N2OS2+. The highest BCUT2D eigenvalue weighted by Crippen LogP contribution is 2.39. The molecule has 1 rings (SSSR count). The van der Waals surface area contributed by atoms with Gasteiger partial charge in [-0.05, 0) is 25.8 Å². The van der Waals surface area contributed by atoms with Gasteiger partial charge < -0.3 is 5.73 Å². The van der Waals surface area contributed by atoms with Crippen LogP contribution >= 0.6 is 21.6 Å². The maximum absolute atomic E-state index is 11.4. The minimum atomic E-state index is 0.307. The molecule has 94 valence electrons. The lowest BCUT2D eigenvalue weighted by Gasteiger charge is -2.05. The van der Waals surface area contributed by atoms with Gasteiger partial charge in [0.2, 0.25) is 0 Å². The molecule has 0 aromatic heterocycles. The Bertz CT molecular complexity index is 196. The largest absolute Gasteiger partial charge is 0.330 e. The van der Waals surface area contributed by atoms with Crippen molar-refractivity contribution in [2.45, 2.75) is 43.8 Å². The SMILES string of the molecule is NCCC[NH2+]C(=O)CCCCC1CCSS1. The molecule has 1 aliphatic rings. The van der Waals surface area contributed by atoms with Gasteiger partial charge in [-0.3, -0.25) is 5.32 Å². The smallest absolute Gasteiger partial charge is 0.310 e. The third-order valence-electron chi connectivity index (χ3n) is 2.71. The predicted octanol–water partition coefficient (Wildman–Crippen LogP) is 1.14. The number of amides is 1. The Balaban J connectivity index is 1.87. The van der Waals surface area contributed by atoms with Gasteiger partial charge in [0, 0.05) is 17.4 Å². The van der Waals surface area contributed by atoms with Gasteiger partial charge >= 0.3 is 5.91 Å². The van der Waals surface area contributed by atoms with E-state index in [0.717, 1.165) is 31.1 Å². The molecule has 3 nitrogen and oxygen atoms in total. The molecular weight excluding hydrogens is 240 g/mol. The van der Waals surface area contributed by atoms with Gasteiger partial charge in [0.15, 0.2) is 0 Å². The van der Waals surface area contributed by atoms with Crippen molar-refractivity contribution in [3.8, 4) is 0 Å². The second-order valence-electron chi connectivity index (χ2n) is 4.18. The standard InChI is InChI=1S/C11H22N2OS2/c12-7-3-8-13-11(14)5-2-1-4-10-6-9-15-16-10/h10H,1-9,12H2,(H,13,14)/p+1. The molecule has 0 aliphatic carbocycles. The van der Waals surface area contributed by atoms with Crippen LogP contribution in [0.15, 0.2) is 0 Å². The van der Waals surface area contributed by atoms with E-state index in [9.17, 15) is 4.79 Å². The van der Waals surface area contributed by atoms with Crippen LogP contribution in [-0.2, 0) is 4.79 Å². The lowest BCUT2D eigenvalue weighted by atomic mass is 10.1. The quantitative estimate of drug-likeness (QED) is 0.509. The average molecular weight is 263 g/mol. The fourth-order valence-electron chi connectivity index (χ4n) is 1.72. The molecule has 16 heavy (non-hydrogen) atoms. The lowest BCUT2D eigenvalue weighted by molar-refractivity contribution is -0.569. The highest BCUT2D eigenvalue weighted by Gasteiger charge is 2.16. The van der Waals surface area contributed by atoms with Crippen molar-refractivity contribution in [3.63, 3.8) is 0 Å². The van der Waals surface area contributed by atoms with E-state index in [1.54, 1.807) is 0 Å². The number of rotatable bonds is 8. The second kappa shape index (κ2) is 9.33. The summed E-state index contributed by atoms with van der Waals surface area (Å²) in [6.07, 6.45) is 6.56. The monoisotopic (exact) mass is 263 g/mol. The lowest BCUT2D eigenvalue weighted by Crippen LogP contribution is -2.88. The zero-order valence-corrected chi connectivity index (χ0v) is 11.5. The third kappa shape index (κ3) is 6.78. The number of quaternary nitrogens is 1. The van der Waals surface area contributed by atoms with Crippen LogP contribution in [0.5, 0.6) is 0 Å². The summed E-state index contributed by atoms with van der Waals surface area (Å²) in [5, 5.41) is 2.66. The summed E-state index contributed by atoms with van der Waals surface area (Å²) >= 11 is 0. The van der Waals surface area contributed by atoms with Crippen LogP contribution in [0.25, 0.3) is 0 Å². The van der Waals surface area contributed by atoms with Crippen LogP contribution in [0.4, 0.5) is 0 Å². The molecule has 1 fully saturated rings. The van der Waals surface area contributed by atoms with E-state index in [0.29, 0.717) is 12.5 Å². The summed E-state index contributed by atoms with van der Waals surface area (Å²) in [6.45, 7) is 1.53. The Kier molecular flexibility index (Phi) is 8.37. The van der Waals surface area contributed by atoms with Crippen molar-refractivity contribution < 1.29 is 10.1 Å². The van der Waals surface area contributed by atoms with Crippen molar-refractivity contribution in [2.75, 3.05) is 18.8 Å². The third-order valence-corrected chi connectivity index (χ3v) is 5.71. The molecule has 0 spiro atoms. The van der Waals surface area contributed by atoms with Crippen LogP contribution < -0.4 is 11.1 Å². The molecule has 0 bridgehead atoms. The maximum atomic E-state index is 11.4. The zero-order valence-electron chi connectivity index (χ0n) is 9.82. The van der Waals surface area contributed by atoms with Gasteiger partial charge in [-0.2, -0.15) is 0 Å². The molecule has 1 aliphatic heterocycles. The Morgan fingerprint density at radius 2 is 2.25 bits per heavy atom. The normalized spacial score (nSPS) is 20.2. The number of carbonyl (C=O) groups is 1. The van der Waals surface area contributed by atoms with Gasteiger partial charge in [-0.1, -0.05) is 28.0 Å². The fourth-order valence-corrected chi connectivity index (χ4v) is 4.75. The number of hydrogen-bond donors (Lipinski definition) is 2. The molecule has 0 aromatic rings. The zero-order chi connectivity index (χ0) is 11.6. The van der Waals surface area contributed by atoms with Gasteiger partial charge in [-0.15, -0.1) is 0 Å². The summed E-state index contributed by atoms with van der Waals surface area (Å²) in [4.78, 5) is 11.4. The second-order valence-corrected chi connectivity index (χ2v) is 6.96. The number of primary amides is 1. The molecule has 0 radical (unpaired) electrons. The van der Waals surface area contributed by atoms with Crippen LogP contribution in [0.2, 0.25) is 0 Å². The van der Waals surface area contributed by atoms with Crippen molar-refractivity contribution in [1.82, 2.24) is 0 Å². The predicted molar refractivity (Wildman–Crippen MR) is 72.4 cm³/mol. The molecule has 0 aromatic carbocycles. The molecule has 1 heterocycles. The first-order valence-corrected chi connectivity index (χ1v) is 8.55. The van der Waals surface area contributed by atoms with Crippen LogP contribution in [0.1, 0.15) is 38.5 Å². The highest BCUT2D eigenvalue weighted by atomic mass is 33.1. The minimum Gasteiger partial charge on any atom is -0.330 e. The number of hydrogen-bond acceptors (Lipinski definition) is 4. The first-order chi connectivity index (χ1) is 7.83. The van der Waals surface area contributed by atoms with Crippen LogP contribution in [0.3, 0.4) is 0 Å². The van der Waals surface area contributed by atoms with E-state index < -0.39 is 0 Å². The fraction of sp³-hybridized carbons (Fsp3) is 0.909. The molecule has 1 saturated heterocycles. The van der Waals surface area contributed by atoms with Crippen molar-refractivity contribution in [3.05, 3.63) is 0 Å². The summed E-state index contributed by atoms with van der Waals surface area (Å²) < 4.78 is 0. The molecule has 1 unspecified atom stereocenters. The first kappa shape index (κ1) is 14.4. The van der Waals surface area contributed by atoms with Gasteiger partial charge in [0.1, 0.15) is 0 Å². The van der Waals surface area contributed by atoms with Gasteiger partial charge in [-0.25, -0.2) is 4.79 Å². The molecule has 4 N–H and O–H groups in total. The van der Waals surface area contributed by atoms with Crippen LogP contribution in [0, 0.1) is 0 Å². The van der Waals surface area contributed by atoms with E-state index in [4.69, 9.17) is 5.73 Å².